The Bertz CT molecular complexity index is 179. The summed E-state index contributed by atoms with van der Waals surface area (Å²) in [5, 5.41) is 36.4. The fraction of sp³-hybridized carbons (Fsp3) is 1.00. The summed E-state index contributed by atoms with van der Waals surface area (Å²) in [6, 6.07) is -0.0142. The molecule has 15 heavy (non-hydrogen) atoms. The lowest BCUT2D eigenvalue weighted by Crippen LogP contribution is -2.47. The van der Waals surface area contributed by atoms with E-state index in [1.54, 1.807) is 0 Å². The molecule has 0 amide bonds. The van der Waals surface area contributed by atoms with Crippen molar-refractivity contribution in [2.24, 2.45) is 0 Å². The molecule has 3 atom stereocenters. The Morgan fingerprint density at radius 3 is 2.67 bits per heavy atom. The molecule has 0 spiro atoms. The summed E-state index contributed by atoms with van der Waals surface area (Å²) in [4.78, 5) is 2.06. The molecule has 0 saturated carbocycles. The van der Waals surface area contributed by atoms with Gasteiger partial charge in [-0.2, -0.15) is 0 Å². The number of hydrogen-bond donors (Lipinski definition) is 4. The molecule has 1 aliphatic rings. The summed E-state index contributed by atoms with van der Waals surface area (Å²) >= 11 is 0. The maximum absolute atomic E-state index is 9.42. The van der Waals surface area contributed by atoms with E-state index >= 15 is 0 Å². The van der Waals surface area contributed by atoms with E-state index in [0.717, 1.165) is 6.54 Å². The smallest absolute Gasteiger partial charge is 0.0783 e. The van der Waals surface area contributed by atoms with E-state index < -0.39 is 6.10 Å². The molecule has 1 rings (SSSR count). The second-order valence-electron chi connectivity index (χ2n) is 4.18. The number of rotatable bonds is 5. The van der Waals surface area contributed by atoms with Gasteiger partial charge >= 0.3 is 0 Å². The Hall–Kier alpha value is -0.200. The highest BCUT2D eigenvalue weighted by molar-refractivity contribution is 4.81. The van der Waals surface area contributed by atoms with Gasteiger partial charge in [0.1, 0.15) is 0 Å². The second-order valence-corrected chi connectivity index (χ2v) is 4.18. The zero-order valence-electron chi connectivity index (χ0n) is 8.92. The fourth-order valence-corrected chi connectivity index (χ4v) is 1.97. The second kappa shape index (κ2) is 6.40. The molecule has 3 unspecified atom stereocenters. The third-order valence-electron chi connectivity index (χ3n) is 2.98. The van der Waals surface area contributed by atoms with Crippen molar-refractivity contribution in [2.75, 3.05) is 26.3 Å². The zero-order chi connectivity index (χ0) is 11.3. The Morgan fingerprint density at radius 2 is 2.07 bits per heavy atom. The number of aliphatic hydroxyl groups is 4. The first-order valence-electron chi connectivity index (χ1n) is 5.49. The van der Waals surface area contributed by atoms with E-state index in [2.05, 4.69) is 4.90 Å². The van der Waals surface area contributed by atoms with Crippen LogP contribution in [-0.2, 0) is 0 Å². The van der Waals surface area contributed by atoms with Gasteiger partial charge in [-0.1, -0.05) is 0 Å². The van der Waals surface area contributed by atoms with Crippen molar-refractivity contribution < 1.29 is 20.4 Å². The summed E-state index contributed by atoms with van der Waals surface area (Å²) in [6.45, 7) is 1.21. The summed E-state index contributed by atoms with van der Waals surface area (Å²) in [5.41, 5.74) is 0. The topological polar surface area (TPSA) is 84.2 Å². The Morgan fingerprint density at radius 1 is 1.33 bits per heavy atom. The molecule has 0 aromatic heterocycles. The Labute approximate surface area is 90.0 Å². The Balaban J connectivity index is 2.32. The molecule has 0 aromatic carbocycles. The van der Waals surface area contributed by atoms with E-state index in [0.29, 0.717) is 25.8 Å². The van der Waals surface area contributed by atoms with Gasteiger partial charge in [0.15, 0.2) is 0 Å². The first kappa shape index (κ1) is 12.9. The van der Waals surface area contributed by atoms with Crippen LogP contribution in [0.4, 0.5) is 0 Å². The third kappa shape index (κ3) is 4.04. The quantitative estimate of drug-likeness (QED) is 0.454. The van der Waals surface area contributed by atoms with Crippen LogP contribution in [0, 0.1) is 0 Å². The molecule has 4 N–H and O–H groups in total. The maximum Gasteiger partial charge on any atom is 0.0783 e. The minimum atomic E-state index is -0.684. The first-order chi connectivity index (χ1) is 7.17. The van der Waals surface area contributed by atoms with Gasteiger partial charge in [0.05, 0.1) is 25.4 Å². The molecule has 1 fully saturated rings. The largest absolute Gasteiger partial charge is 0.395 e. The van der Waals surface area contributed by atoms with Crippen LogP contribution in [-0.4, -0.2) is 69.9 Å². The highest BCUT2D eigenvalue weighted by Crippen LogP contribution is 2.17. The molecule has 90 valence electrons. The van der Waals surface area contributed by atoms with Crippen LogP contribution in [0.5, 0.6) is 0 Å². The summed E-state index contributed by atoms with van der Waals surface area (Å²) in [7, 11) is 0. The van der Waals surface area contributed by atoms with Crippen molar-refractivity contribution in [1.82, 2.24) is 4.90 Å². The predicted octanol–water partition coefficient (Wildman–Crippen LogP) is -1.45. The average molecular weight is 219 g/mol. The van der Waals surface area contributed by atoms with Crippen molar-refractivity contribution in [3.05, 3.63) is 0 Å². The fourth-order valence-electron chi connectivity index (χ4n) is 1.97. The van der Waals surface area contributed by atoms with E-state index in [1.807, 2.05) is 0 Å². The van der Waals surface area contributed by atoms with Crippen LogP contribution in [0.3, 0.4) is 0 Å². The summed E-state index contributed by atoms with van der Waals surface area (Å²) < 4.78 is 0. The first-order valence-corrected chi connectivity index (χ1v) is 5.49. The third-order valence-corrected chi connectivity index (χ3v) is 2.98. The zero-order valence-corrected chi connectivity index (χ0v) is 8.92. The molecule has 0 radical (unpaired) electrons. The highest BCUT2D eigenvalue weighted by atomic mass is 16.3. The number of piperidine rings is 1. The van der Waals surface area contributed by atoms with Crippen molar-refractivity contribution in [1.29, 1.82) is 0 Å². The van der Waals surface area contributed by atoms with E-state index in [9.17, 15) is 10.2 Å². The average Bonchev–Trinajstić information content (AvgIpc) is 2.26. The number of nitrogens with zero attached hydrogens (tertiary/aromatic N) is 1. The van der Waals surface area contributed by atoms with Crippen molar-refractivity contribution in [3.8, 4) is 0 Å². The molecular weight excluding hydrogens is 198 g/mol. The van der Waals surface area contributed by atoms with Crippen molar-refractivity contribution in [3.63, 3.8) is 0 Å². The summed E-state index contributed by atoms with van der Waals surface area (Å²) in [5.74, 6) is 0. The number of aliphatic hydroxyl groups excluding tert-OH is 4. The minimum Gasteiger partial charge on any atom is -0.395 e. The monoisotopic (exact) mass is 219 g/mol. The Kier molecular flexibility index (Phi) is 5.49. The van der Waals surface area contributed by atoms with Crippen LogP contribution in [0.2, 0.25) is 0 Å². The molecule has 5 nitrogen and oxygen atoms in total. The van der Waals surface area contributed by atoms with E-state index in [4.69, 9.17) is 10.2 Å². The van der Waals surface area contributed by atoms with Crippen LogP contribution in [0.1, 0.15) is 19.3 Å². The van der Waals surface area contributed by atoms with Gasteiger partial charge in [0.25, 0.3) is 0 Å². The minimum absolute atomic E-state index is 0.0142. The molecule has 1 aliphatic heterocycles. The van der Waals surface area contributed by atoms with E-state index in [1.165, 1.54) is 0 Å². The maximum atomic E-state index is 9.42. The van der Waals surface area contributed by atoms with Crippen LogP contribution in [0.25, 0.3) is 0 Å². The van der Waals surface area contributed by atoms with Crippen molar-refractivity contribution >= 4 is 0 Å². The van der Waals surface area contributed by atoms with Crippen LogP contribution >= 0.6 is 0 Å². The molecule has 0 aliphatic carbocycles. The van der Waals surface area contributed by atoms with Gasteiger partial charge in [-0.3, -0.25) is 4.90 Å². The van der Waals surface area contributed by atoms with Gasteiger partial charge < -0.3 is 20.4 Å². The molecule has 1 saturated heterocycles. The summed E-state index contributed by atoms with van der Waals surface area (Å²) in [6.07, 6.45) is 0.804. The lowest BCUT2D eigenvalue weighted by Gasteiger charge is -2.37. The molecule has 1 heterocycles. The number of hydrogen-bond acceptors (Lipinski definition) is 5. The van der Waals surface area contributed by atoms with Gasteiger partial charge in [-0.15, -0.1) is 0 Å². The molecular formula is C10H21NO4. The standard InChI is InChI=1S/C10H21NO4/c12-6-8-5-9(14)1-3-11(8)4-2-10(15)7-13/h8-10,12-15H,1-7H2. The predicted molar refractivity (Wildman–Crippen MR) is 55.4 cm³/mol. The van der Waals surface area contributed by atoms with Gasteiger partial charge in [-0.05, 0) is 19.3 Å². The van der Waals surface area contributed by atoms with Crippen LogP contribution < -0.4 is 0 Å². The van der Waals surface area contributed by atoms with Crippen LogP contribution in [0.15, 0.2) is 0 Å². The lowest BCUT2D eigenvalue weighted by atomic mass is 9.99. The molecule has 5 heteroatoms. The highest BCUT2D eigenvalue weighted by Gasteiger charge is 2.26. The molecule has 0 bridgehead atoms. The lowest BCUT2D eigenvalue weighted by molar-refractivity contribution is 0.00534. The molecule has 0 aromatic rings. The van der Waals surface area contributed by atoms with Crippen molar-refractivity contribution in [2.45, 2.75) is 37.5 Å². The van der Waals surface area contributed by atoms with Gasteiger partial charge in [-0.25, -0.2) is 0 Å². The normalized spacial score (nSPS) is 30.4. The van der Waals surface area contributed by atoms with Gasteiger partial charge in [0, 0.05) is 19.1 Å². The van der Waals surface area contributed by atoms with E-state index in [-0.39, 0.29) is 25.4 Å². The SMILES string of the molecule is OCC(O)CCN1CCC(O)CC1CO. The van der Waals surface area contributed by atoms with Gasteiger partial charge in [0.2, 0.25) is 0 Å². The number of likely N-dealkylation sites (tertiary alicyclic amines) is 1.